The Bertz CT molecular complexity index is 1800. The van der Waals surface area contributed by atoms with Crippen LogP contribution in [0, 0.1) is 0 Å². The lowest BCUT2D eigenvalue weighted by Gasteiger charge is -2.34. The molecule has 0 spiro atoms. The van der Waals surface area contributed by atoms with Crippen LogP contribution in [0.2, 0.25) is 0 Å². The maximum atomic E-state index is 3.71. The molecule has 0 atom stereocenters. The van der Waals surface area contributed by atoms with E-state index in [4.69, 9.17) is 0 Å². The molecule has 0 bridgehead atoms. The Morgan fingerprint density at radius 3 is 0.979 bits per heavy atom. The number of para-hydroxylation sites is 4. The van der Waals surface area contributed by atoms with Crippen LogP contribution in [0.25, 0.3) is 0 Å². The van der Waals surface area contributed by atoms with Crippen molar-refractivity contribution in [3.05, 3.63) is 133 Å². The Labute approximate surface area is 298 Å². The fourth-order valence-corrected chi connectivity index (χ4v) is 9.07. The van der Waals surface area contributed by atoms with E-state index in [1.165, 1.54) is 63.5 Å². The molecule has 6 aromatic rings. The van der Waals surface area contributed by atoms with Crippen molar-refractivity contribution in [3.8, 4) is 0 Å². The van der Waals surface area contributed by atoms with Crippen LogP contribution in [0.5, 0.6) is 0 Å². The van der Waals surface area contributed by atoms with Gasteiger partial charge in [-0.25, -0.2) is 0 Å². The van der Waals surface area contributed by atoms with E-state index in [1.54, 1.807) is 0 Å². The second kappa shape index (κ2) is 15.3. The van der Waals surface area contributed by atoms with Crippen LogP contribution >= 0.6 is 35.3 Å². The highest BCUT2D eigenvalue weighted by molar-refractivity contribution is 8.00. The molecule has 0 saturated carbocycles. The first-order valence-corrected chi connectivity index (χ1v) is 19.3. The zero-order valence-electron chi connectivity index (χ0n) is 28.3. The molecule has 48 heavy (non-hydrogen) atoms. The Morgan fingerprint density at radius 2 is 0.646 bits per heavy atom. The van der Waals surface area contributed by atoms with Crippen LogP contribution in [0.3, 0.4) is 0 Å². The van der Waals surface area contributed by atoms with Gasteiger partial charge in [-0.2, -0.15) is 0 Å². The van der Waals surface area contributed by atoms with Crippen molar-refractivity contribution in [3.63, 3.8) is 0 Å². The maximum absolute atomic E-state index is 3.71. The van der Waals surface area contributed by atoms with Crippen LogP contribution in [-0.2, 0) is 0 Å². The Balaban J connectivity index is 0.000000636. The third kappa shape index (κ3) is 6.21. The molecule has 0 radical (unpaired) electrons. The average Bonchev–Trinajstić information content (AvgIpc) is 3.17. The minimum absolute atomic E-state index is 1.14. The van der Waals surface area contributed by atoms with Crippen molar-refractivity contribution in [2.45, 2.75) is 70.9 Å². The van der Waals surface area contributed by atoms with Crippen molar-refractivity contribution in [2.24, 2.45) is 0 Å². The van der Waals surface area contributed by atoms with Gasteiger partial charge in [0.1, 0.15) is 0 Å². The van der Waals surface area contributed by atoms with E-state index in [9.17, 15) is 0 Å². The van der Waals surface area contributed by atoms with Gasteiger partial charge in [-0.15, -0.1) is 0 Å². The molecule has 0 fully saturated rings. The van der Waals surface area contributed by atoms with Crippen LogP contribution in [0.1, 0.15) is 41.5 Å². The summed E-state index contributed by atoms with van der Waals surface area (Å²) >= 11 is 5.52. The average molecular weight is 684 g/mol. The first-order chi connectivity index (χ1) is 23.8. The number of rotatable bonds is 2. The molecule has 3 aliphatic rings. The van der Waals surface area contributed by atoms with Crippen LogP contribution in [0.4, 0.5) is 45.5 Å². The van der Waals surface area contributed by atoms with Gasteiger partial charge < -0.3 is 15.1 Å². The van der Waals surface area contributed by atoms with Gasteiger partial charge in [0.05, 0.1) is 34.1 Å². The van der Waals surface area contributed by atoms with Gasteiger partial charge in [-0.1, -0.05) is 125 Å². The van der Waals surface area contributed by atoms with E-state index in [1.807, 2.05) is 76.8 Å². The van der Waals surface area contributed by atoms with Gasteiger partial charge in [0.15, 0.2) is 0 Å². The first-order valence-electron chi connectivity index (χ1n) is 16.9. The maximum Gasteiger partial charge on any atom is 0.0601 e. The van der Waals surface area contributed by atoms with E-state index < -0.39 is 0 Å². The highest BCUT2D eigenvalue weighted by Gasteiger charge is 2.28. The third-order valence-electron chi connectivity index (χ3n) is 7.80. The number of benzene rings is 6. The Kier molecular flexibility index (Phi) is 10.8. The SMILES string of the molecule is CC.CC.CC.c1ccc2c(c1)Sc1ccccc1N2c1ccc2c(c1)Sc1cc(N3c4ccccc4Sc4ccccc43)ccc1N2. The summed E-state index contributed by atoms with van der Waals surface area (Å²) in [5.74, 6) is 0. The highest BCUT2D eigenvalue weighted by atomic mass is 32.2. The van der Waals surface area contributed by atoms with E-state index in [2.05, 4.69) is 149 Å². The normalized spacial score (nSPS) is 12.6. The second-order valence-electron chi connectivity index (χ2n) is 10.3. The Hall–Kier alpha value is -4.23. The number of nitrogens with zero attached hydrogens (tertiary/aromatic N) is 2. The summed E-state index contributed by atoms with van der Waals surface area (Å²) in [5, 5.41) is 3.71. The van der Waals surface area contributed by atoms with Gasteiger partial charge >= 0.3 is 0 Å². The van der Waals surface area contributed by atoms with Gasteiger partial charge in [0.25, 0.3) is 0 Å². The summed E-state index contributed by atoms with van der Waals surface area (Å²) < 4.78 is 0. The van der Waals surface area contributed by atoms with Gasteiger partial charge in [0.2, 0.25) is 0 Å². The monoisotopic (exact) mass is 683 g/mol. The van der Waals surface area contributed by atoms with Crippen molar-refractivity contribution < 1.29 is 0 Å². The molecule has 0 amide bonds. The minimum atomic E-state index is 1.14. The van der Waals surface area contributed by atoms with Gasteiger partial charge in [0, 0.05) is 40.7 Å². The van der Waals surface area contributed by atoms with Crippen molar-refractivity contribution >= 4 is 80.8 Å². The molecule has 0 aliphatic carbocycles. The quantitative estimate of drug-likeness (QED) is 0.194. The molecule has 0 aromatic heterocycles. The third-order valence-corrected chi connectivity index (χ3v) is 11.2. The van der Waals surface area contributed by atoms with E-state index >= 15 is 0 Å². The number of nitrogens with one attached hydrogen (secondary N) is 1. The van der Waals surface area contributed by atoms with Gasteiger partial charge in [-0.05, 0) is 84.9 Å². The number of hydrogen-bond acceptors (Lipinski definition) is 6. The molecule has 6 aromatic carbocycles. The molecule has 0 saturated heterocycles. The lowest BCUT2D eigenvalue weighted by Crippen LogP contribution is -2.15. The Morgan fingerprint density at radius 1 is 0.354 bits per heavy atom. The van der Waals surface area contributed by atoms with E-state index in [0.29, 0.717) is 0 Å². The summed E-state index contributed by atoms with van der Waals surface area (Å²) in [6.45, 7) is 12.0. The molecule has 0 unspecified atom stereocenters. The molecule has 1 N–H and O–H groups in total. The largest absolute Gasteiger partial charge is 0.354 e. The lowest BCUT2D eigenvalue weighted by molar-refractivity contribution is 1.15. The predicted molar refractivity (Wildman–Crippen MR) is 212 cm³/mol. The van der Waals surface area contributed by atoms with Crippen molar-refractivity contribution in [1.82, 2.24) is 0 Å². The molecule has 3 heterocycles. The molecule has 6 heteroatoms. The summed E-state index contributed by atoms with van der Waals surface area (Å²) in [6, 6.07) is 48.3. The van der Waals surface area contributed by atoms with Crippen LogP contribution < -0.4 is 15.1 Å². The highest BCUT2D eigenvalue weighted by Crippen LogP contribution is 2.55. The molecular weight excluding hydrogens is 643 g/mol. The molecule has 3 aliphatic heterocycles. The lowest BCUT2D eigenvalue weighted by atomic mass is 10.1. The summed E-state index contributed by atoms with van der Waals surface area (Å²) in [6.07, 6.45) is 0. The standard InChI is InChI=1S/C36H23N3S3.3C2H6/c1-5-13-31-27(9-1)38(28-10-2-6-14-32(28)40-31)23-17-19-25-35(21-23)42-36-22-24(18-20-26(36)37-25)39-29-11-3-7-15-33(29)41-34-16-8-4-12-30(34)39;3*1-2/h1-22,37H;3*1-2H3. The smallest absolute Gasteiger partial charge is 0.0601 e. The zero-order valence-corrected chi connectivity index (χ0v) is 30.8. The van der Waals surface area contributed by atoms with Crippen molar-refractivity contribution in [1.29, 1.82) is 0 Å². The van der Waals surface area contributed by atoms with E-state index in [-0.39, 0.29) is 0 Å². The van der Waals surface area contributed by atoms with Crippen LogP contribution in [-0.4, -0.2) is 0 Å². The molecule has 242 valence electrons. The van der Waals surface area contributed by atoms with E-state index in [0.717, 1.165) is 11.4 Å². The topological polar surface area (TPSA) is 18.5 Å². The summed E-state index contributed by atoms with van der Waals surface area (Å²) in [7, 11) is 0. The molecule has 3 nitrogen and oxygen atoms in total. The molecular formula is C42H41N3S3. The van der Waals surface area contributed by atoms with Crippen molar-refractivity contribution in [2.75, 3.05) is 15.1 Å². The summed E-state index contributed by atoms with van der Waals surface area (Å²) in [4.78, 5) is 12.3. The number of hydrogen-bond donors (Lipinski definition) is 1. The summed E-state index contributed by atoms with van der Waals surface area (Å²) in [5.41, 5.74) is 9.49. The zero-order chi connectivity index (χ0) is 33.6. The fraction of sp³-hybridized carbons (Fsp3) is 0.143. The second-order valence-corrected chi connectivity index (χ2v) is 13.6. The minimum Gasteiger partial charge on any atom is -0.354 e. The van der Waals surface area contributed by atoms with Crippen LogP contribution in [0.15, 0.2) is 163 Å². The van der Waals surface area contributed by atoms with Gasteiger partial charge in [-0.3, -0.25) is 0 Å². The predicted octanol–water partition coefficient (Wildman–Crippen LogP) is 14.8. The fourth-order valence-electron chi connectivity index (χ4n) is 5.90. The number of anilines is 8. The molecule has 9 rings (SSSR count). The first kappa shape index (κ1) is 33.7. The number of fused-ring (bicyclic) bond motifs is 6.